The Balaban J connectivity index is 1.27. The van der Waals surface area contributed by atoms with E-state index in [0.717, 1.165) is 30.5 Å². The van der Waals surface area contributed by atoms with E-state index in [9.17, 15) is 0 Å². The van der Waals surface area contributed by atoms with Gasteiger partial charge in [0, 0.05) is 30.4 Å². The van der Waals surface area contributed by atoms with Crippen LogP contribution in [0.2, 0.25) is 0 Å². The van der Waals surface area contributed by atoms with Crippen molar-refractivity contribution in [1.82, 2.24) is 10.3 Å². The predicted molar refractivity (Wildman–Crippen MR) is 106 cm³/mol. The van der Waals surface area contributed by atoms with Crippen molar-refractivity contribution in [2.75, 3.05) is 0 Å². The van der Waals surface area contributed by atoms with Crippen molar-refractivity contribution in [3.05, 3.63) is 72.1 Å². The fourth-order valence-electron chi connectivity index (χ4n) is 3.68. The third-order valence-corrected chi connectivity index (χ3v) is 5.30. The summed E-state index contributed by atoms with van der Waals surface area (Å²) < 4.78 is 6.24. The number of rotatable bonds is 5. The van der Waals surface area contributed by atoms with Crippen LogP contribution in [0.25, 0.3) is 10.8 Å². The lowest BCUT2D eigenvalue weighted by molar-refractivity contribution is 0.139. The molecule has 0 atom stereocenters. The Morgan fingerprint density at radius 2 is 1.77 bits per heavy atom. The Morgan fingerprint density at radius 3 is 2.58 bits per heavy atom. The van der Waals surface area contributed by atoms with Gasteiger partial charge in [-0.05, 0) is 67.8 Å². The van der Waals surface area contributed by atoms with Crippen molar-refractivity contribution in [2.45, 2.75) is 51.3 Å². The van der Waals surface area contributed by atoms with E-state index in [2.05, 4.69) is 59.7 Å². The zero-order valence-corrected chi connectivity index (χ0v) is 15.3. The summed E-state index contributed by atoms with van der Waals surface area (Å²) in [6.45, 7) is 3.08. The number of hydrogen-bond donors (Lipinski definition) is 1. The topological polar surface area (TPSA) is 34.1 Å². The quantitative estimate of drug-likeness (QED) is 0.704. The molecule has 0 saturated heterocycles. The molecule has 3 aromatic rings. The van der Waals surface area contributed by atoms with Crippen molar-refractivity contribution >= 4 is 10.8 Å². The maximum absolute atomic E-state index is 6.24. The largest absolute Gasteiger partial charge is 0.490 e. The summed E-state index contributed by atoms with van der Waals surface area (Å²) >= 11 is 0. The minimum absolute atomic E-state index is 0.326. The Kier molecular flexibility index (Phi) is 5.16. The molecule has 0 aliphatic heterocycles. The number of nitrogens with one attached hydrogen (secondary N) is 1. The fourth-order valence-corrected chi connectivity index (χ4v) is 3.68. The summed E-state index contributed by atoms with van der Waals surface area (Å²) in [7, 11) is 0. The Hall–Kier alpha value is -2.39. The van der Waals surface area contributed by atoms with Gasteiger partial charge in [0.15, 0.2) is 0 Å². The van der Waals surface area contributed by atoms with Crippen LogP contribution < -0.4 is 10.1 Å². The molecule has 134 valence electrons. The number of hydrogen-bond acceptors (Lipinski definition) is 3. The van der Waals surface area contributed by atoms with Gasteiger partial charge in [-0.1, -0.05) is 29.8 Å². The molecule has 0 amide bonds. The number of nitrogens with zero attached hydrogens (tertiary/aromatic N) is 1. The third kappa shape index (κ3) is 4.23. The number of ether oxygens (including phenoxy) is 1. The molecule has 0 bridgehead atoms. The van der Waals surface area contributed by atoms with E-state index in [1.807, 2.05) is 18.5 Å². The van der Waals surface area contributed by atoms with Crippen molar-refractivity contribution in [3.8, 4) is 5.75 Å². The van der Waals surface area contributed by atoms with E-state index in [-0.39, 0.29) is 0 Å². The number of fused-ring (bicyclic) bond motifs is 1. The molecular weight excluding hydrogens is 320 g/mol. The zero-order chi connectivity index (χ0) is 17.8. The van der Waals surface area contributed by atoms with Gasteiger partial charge in [-0.15, -0.1) is 0 Å². The van der Waals surface area contributed by atoms with E-state index < -0.39 is 0 Å². The first-order chi connectivity index (χ1) is 12.8. The smallest absolute Gasteiger partial charge is 0.120 e. The summed E-state index contributed by atoms with van der Waals surface area (Å²) in [5.41, 5.74) is 2.68. The highest BCUT2D eigenvalue weighted by molar-refractivity contribution is 5.82. The Morgan fingerprint density at radius 1 is 0.962 bits per heavy atom. The summed E-state index contributed by atoms with van der Waals surface area (Å²) in [6, 6.07) is 17.7. The predicted octanol–water partition coefficient (Wildman–Crippen LogP) is 5.02. The van der Waals surface area contributed by atoms with Gasteiger partial charge < -0.3 is 10.1 Å². The van der Waals surface area contributed by atoms with Gasteiger partial charge >= 0.3 is 0 Å². The molecule has 1 saturated carbocycles. The summed E-state index contributed by atoms with van der Waals surface area (Å²) in [6.07, 6.45) is 8.62. The van der Waals surface area contributed by atoms with Crippen LogP contribution in [0.1, 0.15) is 36.8 Å². The highest BCUT2D eigenvalue weighted by atomic mass is 16.5. The molecule has 1 fully saturated rings. The first-order valence-electron chi connectivity index (χ1n) is 9.56. The second kappa shape index (κ2) is 7.88. The zero-order valence-electron chi connectivity index (χ0n) is 15.3. The summed E-state index contributed by atoms with van der Waals surface area (Å²) in [5.74, 6) is 0.972. The molecule has 3 heteroatoms. The molecular formula is C23H26N2O. The normalized spacial score (nSPS) is 20.2. The van der Waals surface area contributed by atoms with E-state index in [4.69, 9.17) is 4.74 Å². The second-order valence-corrected chi connectivity index (χ2v) is 7.34. The van der Waals surface area contributed by atoms with Crippen molar-refractivity contribution in [3.63, 3.8) is 0 Å². The lowest BCUT2D eigenvalue weighted by atomic mass is 9.92. The maximum Gasteiger partial charge on any atom is 0.120 e. The third-order valence-electron chi connectivity index (χ3n) is 5.30. The molecule has 0 radical (unpaired) electrons. The van der Waals surface area contributed by atoms with Crippen molar-refractivity contribution in [2.24, 2.45) is 0 Å². The monoisotopic (exact) mass is 346 g/mol. The van der Waals surface area contributed by atoms with E-state index in [1.54, 1.807) is 0 Å². The van der Waals surface area contributed by atoms with E-state index >= 15 is 0 Å². The van der Waals surface area contributed by atoms with E-state index in [0.29, 0.717) is 12.1 Å². The minimum Gasteiger partial charge on any atom is -0.490 e. The number of pyridine rings is 1. The number of aromatic nitrogens is 1. The fraction of sp³-hybridized carbons (Fsp3) is 0.348. The first kappa shape index (κ1) is 17.0. The molecule has 1 heterocycles. The van der Waals surface area contributed by atoms with Gasteiger partial charge in [0.1, 0.15) is 5.75 Å². The standard InChI is InChI=1S/C23H26N2O/c1-17-2-4-18(5-3-17)15-25-21-7-10-22(11-8-21)26-23-9-6-20-16-24-13-12-19(20)14-23/h2-6,9,12-14,16,21-22,25H,7-8,10-11,15H2,1H3. The Labute approximate surface area is 155 Å². The van der Waals surface area contributed by atoms with E-state index in [1.165, 1.54) is 29.4 Å². The van der Waals surface area contributed by atoms with Gasteiger partial charge in [0.2, 0.25) is 0 Å². The summed E-state index contributed by atoms with van der Waals surface area (Å²) in [5, 5.41) is 6.05. The van der Waals surface area contributed by atoms with Crippen LogP contribution in [0.4, 0.5) is 0 Å². The van der Waals surface area contributed by atoms with Crippen LogP contribution in [-0.4, -0.2) is 17.1 Å². The molecule has 0 unspecified atom stereocenters. The van der Waals surface area contributed by atoms with Crippen LogP contribution in [-0.2, 0) is 6.54 Å². The van der Waals surface area contributed by atoms with Crippen molar-refractivity contribution in [1.29, 1.82) is 0 Å². The molecule has 1 aliphatic carbocycles. The number of benzene rings is 2. The average molecular weight is 346 g/mol. The minimum atomic E-state index is 0.326. The van der Waals surface area contributed by atoms with Gasteiger partial charge in [-0.3, -0.25) is 4.98 Å². The molecule has 4 rings (SSSR count). The van der Waals surface area contributed by atoms with Crippen LogP contribution in [0.15, 0.2) is 60.9 Å². The molecule has 1 aromatic heterocycles. The summed E-state index contributed by atoms with van der Waals surface area (Å²) in [4.78, 5) is 4.16. The van der Waals surface area contributed by atoms with Gasteiger partial charge in [-0.25, -0.2) is 0 Å². The van der Waals surface area contributed by atoms with Crippen LogP contribution in [0, 0.1) is 6.92 Å². The Bertz CT molecular complexity index is 851. The van der Waals surface area contributed by atoms with Gasteiger partial charge in [0.25, 0.3) is 0 Å². The molecule has 1 aliphatic rings. The first-order valence-corrected chi connectivity index (χ1v) is 9.56. The molecule has 0 spiro atoms. The molecule has 3 nitrogen and oxygen atoms in total. The van der Waals surface area contributed by atoms with Crippen LogP contribution in [0.5, 0.6) is 5.75 Å². The van der Waals surface area contributed by atoms with Gasteiger partial charge in [-0.2, -0.15) is 0 Å². The highest BCUT2D eigenvalue weighted by Crippen LogP contribution is 2.26. The van der Waals surface area contributed by atoms with Gasteiger partial charge in [0.05, 0.1) is 6.10 Å². The van der Waals surface area contributed by atoms with Crippen molar-refractivity contribution < 1.29 is 4.74 Å². The second-order valence-electron chi connectivity index (χ2n) is 7.34. The molecule has 2 aromatic carbocycles. The number of aryl methyl sites for hydroxylation is 1. The lowest BCUT2D eigenvalue weighted by Gasteiger charge is -2.29. The molecule has 1 N–H and O–H groups in total. The van der Waals surface area contributed by atoms with Crippen LogP contribution in [0.3, 0.4) is 0 Å². The maximum atomic E-state index is 6.24. The highest BCUT2D eigenvalue weighted by Gasteiger charge is 2.22. The lowest BCUT2D eigenvalue weighted by Crippen LogP contribution is -2.35. The molecule has 26 heavy (non-hydrogen) atoms. The SMILES string of the molecule is Cc1ccc(CNC2CCC(Oc3ccc4cnccc4c3)CC2)cc1. The average Bonchev–Trinajstić information content (AvgIpc) is 2.69. The van der Waals surface area contributed by atoms with Crippen LogP contribution >= 0.6 is 0 Å².